The van der Waals surface area contributed by atoms with E-state index in [1.54, 1.807) is 0 Å². The van der Waals surface area contributed by atoms with Crippen molar-refractivity contribution in [2.75, 3.05) is 13.1 Å². The van der Waals surface area contributed by atoms with E-state index in [2.05, 4.69) is 33.1 Å². The van der Waals surface area contributed by atoms with Crippen LogP contribution >= 0.6 is 17.9 Å². The van der Waals surface area contributed by atoms with E-state index in [1.807, 2.05) is 0 Å². The van der Waals surface area contributed by atoms with Crippen LogP contribution < -0.4 is 0 Å². The first-order valence-electron chi connectivity index (χ1n) is 6.66. The monoisotopic (exact) mass is 196 g/mol. The number of hydrogen-bond donors (Lipinski definition) is 1. The predicted octanol–water partition coefficient (Wildman–Crippen LogP) is 2.21. The van der Waals surface area contributed by atoms with Crippen molar-refractivity contribution in [1.82, 2.24) is 0 Å². The lowest BCUT2D eigenvalue weighted by molar-refractivity contribution is 0.281. The highest BCUT2D eigenvalue weighted by Gasteiger charge is 2.08. The van der Waals surface area contributed by atoms with Crippen molar-refractivity contribution in [2.24, 2.45) is 0 Å². The lowest BCUT2D eigenvalue weighted by atomic mass is 10.9. The molecule has 0 N–H and O–H groups in total. The summed E-state index contributed by atoms with van der Waals surface area (Å²) in [6, 6.07) is 0. The topological polar surface area (TPSA) is 18.5 Å². The summed E-state index contributed by atoms with van der Waals surface area (Å²) in [5.74, 6) is 0. The van der Waals surface area contributed by atoms with E-state index in [0.717, 1.165) is 0 Å². The Hall–Kier alpha value is 0.920. The molecule has 0 atom stereocenters. The fourth-order valence-electron chi connectivity index (χ4n) is 0.134. The molecule has 5 heteroatoms. The average Bonchev–Trinajstić information content (AvgIpc) is 1.93. The Bertz CT molecular complexity index is 343. The minimum atomic E-state index is -4.07. The Balaban J connectivity index is 5.10. The first kappa shape index (κ1) is 2.20. The van der Waals surface area contributed by atoms with Gasteiger partial charge in [-0.15, -0.1) is 0 Å². The molecule has 0 amide bonds. The van der Waals surface area contributed by atoms with Gasteiger partial charge >= 0.3 is 0 Å². The predicted molar refractivity (Wildman–Crippen MR) is 46.5 cm³/mol. The molecule has 56 valence electrons. The van der Waals surface area contributed by atoms with Crippen molar-refractivity contribution in [3.63, 3.8) is 0 Å². The van der Waals surface area contributed by atoms with Crippen molar-refractivity contribution < 1.29 is 22.8 Å². The third-order valence-corrected chi connectivity index (χ3v) is 1.90. The summed E-state index contributed by atoms with van der Waals surface area (Å²) in [5, 5.41) is 0. The van der Waals surface area contributed by atoms with Crippen LogP contribution in [-0.4, -0.2) is 13.1 Å². The highest BCUT2D eigenvalue weighted by molar-refractivity contribution is 8.60. The van der Waals surface area contributed by atoms with Crippen LogP contribution in [0.3, 0.4) is 0 Å². The Morgan fingerprint density at radius 1 is 1.67 bits per heavy atom. The zero-order valence-corrected chi connectivity index (χ0v) is 6.72. The van der Waals surface area contributed by atoms with Gasteiger partial charge in [0.2, 0.25) is 5.69 Å². The Morgan fingerprint density at radius 3 is 2.44 bits per heavy atom. The molecule has 0 saturated carbocycles. The largest absolute Gasteiger partial charge is 0.322 e. The number of hydrogen-bond acceptors (Lipinski definition) is 3. The standard InChI is InChI=1S/C4H11O2PS2/c1-3-5-7(8,9)6-4-2/h3-4H2,1-2H3,(H,8,9)/i1D3,2D3,3D2,4D2. The Kier molecular flexibility index (Phi) is 1.15. The molecule has 0 saturated heterocycles. The molecule has 2 nitrogen and oxygen atoms in total. The normalized spacial score (nSPS) is 34.3. The van der Waals surface area contributed by atoms with Crippen LogP contribution in [0.2, 0.25) is 0 Å². The van der Waals surface area contributed by atoms with Gasteiger partial charge in [0.25, 0.3) is 0 Å². The van der Waals surface area contributed by atoms with Crippen molar-refractivity contribution in [3.8, 4) is 0 Å². The van der Waals surface area contributed by atoms with Gasteiger partial charge < -0.3 is 9.05 Å². The minimum Gasteiger partial charge on any atom is -0.322 e. The third-order valence-electron chi connectivity index (χ3n) is 0.322. The van der Waals surface area contributed by atoms with E-state index in [0.29, 0.717) is 0 Å². The van der Waals surface area contributed by atoms with Gasteiger partial charge in [0.05, 0.1) is 18.6 Å². The lowest BCUT2D eigenvalue weighted by Crippen LogP contribution is -1.88. The molecule has 0 fully saturated rings. The van der Waals surface area contributed by atoms with E-state index < -0.39 is 32.5 Å². The zero-order chi connectivity index (χ0) is 15.9. The van der Waals surface area contributed by atoms with Gasteiger partial charge in [-0.05, 0) is 25.5 Å². The fourth-order valence-corrected chi connectivity index (χ4v) is 0.871. The molecular weight excluding hydrogens is 175 g/mol. The molecule has 0 aliphatic carbocycles. The van der Waals surface area contributed by atoms with Gasteiger partial charge in [0.1, 0.15) is 0 Å². The summed E-state index contributed by atoms with van der Waals surface area (Å²) >= 11 is 8.07. The first-order valence-corrected chi connectivity index (χ1v) is 5.45. The SMILES string of the molecule is [2H]C([2H])([2H])C([2H])([2H])OP(=S)(S)OC([2H])([2H])C([2H])([2H])[2H]. The molecule has 0 bridgehead atoms. The summed E-state index contributed by atoms with van der Waals surface area (Å²) in [4.78, 5) is 0. The van der Waals surface area contributed by atoms with Crippen LogP contribution in [0.1, 0.15) is 27.4 Å². The van der Waals surface area contributed by atoms with Crippen LogP contribution in [-0.2, 0) is 20.9 Å². The van der Waals surface area contributed by atoms with Crippen LogP contribution in [0.25, 0.3) is 0 Å². The molecule has 0 aliphatic rings. The molecule has 0 aliphatic heterocycles. The molecule has 0 aromatic carbocycles. The van der Waals surface area contributed by atoms with Gasteiger partial charge in [0.15, 0.2) is 0 Å². The summed E-state index contributed by atoms with van der Waals surface area (Å²) in [5.41, 5.74) is -4.07. The van der Waals surface area contributed by atoms with Crippen molar-refractivity contribution in [2.45, 2.75) is 13.7 Å². The summed E-state index contributed by atoms with van der Waals surface area (Å²) in [7, 11) is 0. The fraction of sp³-hybridized carbons (Fsp3) is 1.00. The molecule has 0 radical (unpaired) electrons. The highest BCUT2D eigenvalue weighted by Crippen LogP contribution is 2.52. The van der Waals surface area contributed by atoms with E-state index in [4.69, 9.17) is 13.7 Å². The van der Waals surface area contributed by atoms with Crippen molar-refractivity contribution in [1.29, 1.82) is 0 Å². The summed E-state index contributed by atoms with van der Waals surface area (Å²) in [6.07, 6.45) is 0. The Morgan fingerprint density at radius 2 is 2.11 bits per heavy atom. The maximum Gasteiger partial charge on any atom is 0.244 e. The van der Waals surface area contributed by atoms with Crippen LogP contribution in [0.15, 0.2) is 0 Å². The second kappa shape index (κ2) is 4.69. The van der Waals surface area contributed by atoms with Gasteiger partial charge in [-0.25, -0.2) is 0 Å². The molecule has 0 rings (SSSR count). The summed E-state index contributed by atoms with van der Waals surface area (Å²) < 4.78 is 78.6. The molecule has 0 spiro atoms. The number of thiol groups is 1. The van der Waals surface area contributed by atoms with Gasteiger partial charge in [-0.1, -0.05) is 12.2 Å². The molecule has 0 aromatic heterocycles. The molecular formula is C4H11O2PS2. The average molecular weight is 196 g/mol. The second-order valence-corrected chi connectivity index (χ2v) is 5.99. The van der Waals surface area contributed by atoms with Crippen molar-refractivity contribution in [3.05, 3.63) is 0 Å². The van der Waals surface area contributed by atoms with Gasteiger partial charge in [-0.3, -0.25) is 0 Å². The molecule has 0 unspecified atom stereocenters. The Labute approximate surface area is 80.3 Å². The van der Waals surface area contributed by atoms with E-state index in [-0.39, 0.29) is 0 Å². The quantitative estimate of drug-likeness (QED) is 0.549. The van der Waals surface area contributed by atoms with Crippen molar-refractivity contribution >= 4 is 29.7 Å². The minimum absolute atomic E-state index is 3.21. The molecule has 9 heavy (non-hydrogen) atoms. The van der Waals surface area contributed by atoms with Gasteiger partial charge in [0, 0.05) is 8.22 Å². The van der Waals surface area contributed by atoms with Crippen LogP contribution in [0.5, 0.6) is 0 Å². The van der Waals surface area contributed by atoms with Crippen LogP contribution in [0, 0.1) is 0 Å². The highest BCUT2D eigenvalue weighted by atomic mass is 32.9. The lowest BCUT2D eigenvalue weighted by Gasteiger charge is -2.13. The maximum atomic E-state index is 7.15. The first-order chi connectivity index (χ1) is 7.91. The molecule has 0 heterocycles. The van der Waals surface area contributed by atoms with E-state index in [9.17, 15) is 0 Å². The summed E-state index contributed by atoms with van der Waals surface area (Å²) in [6.45, 7) is -12.9. The molecule has 0 aromatic rings. The third kappa shape index (κ3) is 5.37. The van der Waals surface area contributed by atoms with E-state index in [1.165, 1.54) is 0 Å². The second-order valence-electron chi connectivity index (χ2n) is 0.855. The zero-order valence-electron chi connectivity index (χ0n) is 14.1. The smallest absolute Gasteiger partial charge is 0.244 e. The maximum absolute atomic E-state index is 7.15. The van der Waals surface area contributed by atoms with Gasteiger partial charge in [-0.2, -0.15) is 0 Å². The van der Waals surface area contributed by atoms with E-state index >= 15 is 0 Å². The van der Waals surface area contributed by atoms with Crippen LogP contribution in [0.4, 0.5) is 0 Å². The number of rotatable bonds is 4.